The van der Waals surface area contributed by atoms with Gasteiger partial charge in [-0.2, -0.15) is 0 Å². The van der Waals surface area contributed by atoms with Crippen molar-refractivity contribution < 1.29 is 0 Å². The third kappa shape index (κ3) is 4.79. The van der Waals surface area contributed by atoms with Crippen LogP contribution in [0.15, 0.2) is 29.9 Å². The number of hydrogen-bond donors (Lipinski definition) is 1. The molecule has 0 fully saturated rings. The average Bonchev–Trinajstić information content (AvgIpc) is 2.99. The molecule has 2 heterocycles. The molecular formula is C16H24N4S. The van der Waals surface area contributed by atoms with Gasteiger partial charge in [0.15, 0.2) is 0 Å². The highest BCUT2D eigenvalue weighted by molar-refractivity contribution is 7.09. The minimum absolute atomic E-state index is 0.394. The van der Waals surface area contributed by atoms with Gasteiger partial charge in [-0.1, -0.05) is 13.0 Å². The van der Waals surface area contributed by atoms with Crippen molar-refractivity contribution in [3.8, 4) is 0 Å². The fraction of sp³-hybridized carbons (Fsp3) is 0.500. The van der Waals surface area contributed by atoms with Gasteiger partial charge in [-0.3, -0.25) is 4.98 Å². The Morgan fingerprint density at radius 2 is 2.14 bits per heavy atom. The molecule has 2 aromatic heterocycles. The highest BCUT2D eigenvalue weighted by Gasteiger charge is 2.13. The topological polar surface area (TPSA) is 41.1 Å². The Labute approximate surface area is 131 Å². The second kappa shape index (κ2) is 8.10. The standard InChI is InChI=1S/C16H24N4S/c1-4-7-17-9-14-10-19-16(11-18-14)20(13(2)3)12-15-6-5-8-21-15/h5-6,8,10-11,13,17H,4,7,9,12H2,1-3H3. The van der Waals surface area contributed by atoms with Crippen LogP contribution in [-0.2, 0) is 13.1 Å². The monoisotopic (exact) mass is 304 g/mol. The van der Waals surface area contributed by atoms with Crippen molar-refractivity contribution in [2.45, 2.75) is 46.3 Å². The SMILES string of the molecule is CCCNCc1cnc(N(Cc2cccs2)C(C)C)cn1. The summed E-state index contributed by atoms with van der Waals surface area (Å²) in [6.07, 6.45) is 4.89. The summed E-state index contributed by atoms with van der Waals surface area (Å²) in [7, 11) is 0. The molecule has 0 aliphatic heterocycles. The number of thiophene rings is 1. The van der Waals surface area contributed by atoms with Gasteiger partial charge >= 0.3 is 0 Å². The first-order chi connectivity index (χ1) is 10.2. The first-order valence-electron chi connectivity index (χ1n) is 7.51. The Kier molecular flexibility index (Phi) is 6.14. The lowest BCUT2D eigenvalue weighted by molar-refractivity contribution is 0.653. The van der Waals surface area contributed by atoms with Gasteiger partial charge in [0.2, 0.25) is 0 Å². The second-order valence-corrected chi connectivity index (χ2v) is 6.38. The number of aromatic nitrogens is 2. The van der Waals surface area contributed by atoms with Gasteiger partial charge < -0.3 is 10.2 Å². The molecule has 0 atom stereocenters. The van der Waals surface area contributed by atoms with Gasteiger partial charge in [0.25, 0.3) is 0 Å². The van der Waals surface area contributed by atoms with E-state index in [9.17, 15) is 0 Å². The highest BCUT2D eigenvalue weighted by atomic mass is 32.1. The van der Waals surface area contributed by atoms with Crippen LogP contribution in [0.5, 0.6) is 0 Å². The third-order valence-corrected chi connectivity index (χ3v) is 4.11. The van der Waals surface area contributed by atoms with Crippen LogP contribution in [0, 0.1) is 0 Å². The van der Waals surface area contributed by atoms with E-state index in [0.717, 1.165) is 37.6 Å². The van der Waals surface area contributed by atoms with Crippen molar-refractivity contribution in [2.24, 2.45) is 0 Å². The maximum atomic E-state index is 4.59. The Morgan fingerprint density at radius 1 is 1.29 bits per heavy atom. The highest BCUT2D eigenvalue weighted by Crippen LogP contribution is 2.19. The van der Waals surface area contributed by atoms with Gasteiger partial charge in [-0.05, 0) is 38.3 Å². The van der Waals surface area contributed by atoms with Gasteiger partial charge in [-0.15, -0.1) is 11.3 Å². The van der Waals surface area contributed by atoms with Gasteiger partial charge in [0.1, 0.15) is 5.82 Å². The molecule has 0 saturated carbocycles. The smallest absolute Gasteiger partial charge is 0.147 e. The zero-order chi connectivity index (χ0) is 15.1. The molecule has 0 unspecified atom stereocenters. The van der Waals surface area contributed by atoms with E-state index in [4.69, 9.17) is 0 Å². The number of anilines is 1. The molecule has 0 aromatic carbocycles. The van der Waals surface area contributed by atoms with Crippen LogP contribution < -0.4 is 10.2 Å². The first-order valence-corrected chi connectivity index (χ1v) is 8.39. The minimum Gasteiger partial charge on any atom is -0.348 e. The summed E-state index contributed by atoms with van der Waals surface area (Å²) in [5, 5.41) is 5.46. The van der Waals surface area contributed by atoms with Crippen molar-refractivity contribution in [1.82, 2.24) is 15.3 Å². The molecule has 0 radical (unpaired) electrons. The van der Waals surface area contributed by atoms with E-state index in [2.05, 4.69) is 58.5 Å². The Hall–Kier alpha value is -1.46. The van der Waals surface area contributed by atoms with Crippen molar-refractivity contribution >= 4 is 17.2 Å². The Bertz CT molecular complexity index is 508. The molecule has 114 valence electrons. The molecule has 0 aliphatic carbocycles. The van der Waals surface area contributed by atoms with Gasteiger partial charge in [0, 0.05) is 17.5 Å². The van der Waals surface area contributed by atoms with Crippen LogP contribution in [0.3, 0.4) is 0 Å². The summed E-state index contributed by atoms with van der Waals surface area (Å²) in [6.45, 7) is 9.22. The quantitative estimate of drug-likeness (QED) is 0.758. The van der Waals surface area contributed by atoms with Crippen LogP contribution in [0.1, 0.15) is 37.8 Å². The molecule has 2 aromatic rings. The maximum absolute atomic E-state index is 4.59. The zero-order valence-electron chi connectivity index (χ0n) is 13.0. The van der Waals surface area contributed by atoms with Crippen LogP contribution in [0.4, 0.5) is 5.82 Å². The number of rotatable bonds is 8. The van der Waals surface area contributed by atoms with E-state index >= 15 is 0 Å². The van der Waals surface area contributed by atoms with E-state index in [1.165, 1.54) is 4.88 Å². The van der Waals surface area contributed by atoms with E-state index in [1.54, 1.807) is 11.3 Å². The predicted molar refractivity (Wildman–Crippen MR) is 89.7 cm³/mol. The summed E-state index contributed by atoms with van der Waals surface area (Å²) in [5.41, 5.74) is 0.993. The molecule has 4 nitrogen and oxygen atoms in total. The fourth-order valence-electron chi connectivity index (χ4n) is 2.08. The molecular weight excluding hydrogens is 280 g/mol. The normalized spacial score (nSPS) is 11.0. The molecule has 0 saturated heterocycles. The summed E-state index contributed by atoms with van der Waals surface area (Å²) < 4.78 is 0. The predicted octanol–water partition coefficient (Wildman–Crippen LogP) is 3.45. The van der Waals surface area contributed by atoms with E-state index in [-0.39, 0.29) is 0 Å². The molecule has 1 N–H and O–H groups in total. The van der Waals surface area contributed by atoms with E-state index in [1.807, 2.05) is 12.4 Å². The largest absolute Gasteiger partial charge is 0.348 e. The molecule has 0 amide bonds. The van der Waals surface area contributed by atoms with E-state index in [0.29, 0.717) is 6.04 Å². The average molecular weight is 304 g/mol. The number of nitrogens with zero attached hydrogens (tertiary/aromatic N) is 3. The fourth-order valence-corrected chi connectivity index (χ4v) is 2.78. The van der Waals surface area contributed by atoms with Crippen molar-refractivity contribution in [3.05, 3.63) is 40.5 Å². The molecule has 2 rings (SSSR count). The summed E-state index contributed by atoms with van der Waals surface area (Å²) in [5.74, 6) is 0.942. The molecule has 5 heteroatoms. The lowest BCUT2D eigenvalue weighted by atomic mass is 10.3. The molecule has 0 spiro atoms. The number of hydrogen-bond acceptors (Lipinski definition) is 5. The summed E-state index contributed by atoms with van der Waals surface area (Å²) in [6, 6.07) is 4.65. The Balaban J connectivity index is 2.03. The van der Waals surface area contributed by atoms with Crippen molar-refractivity contribution in [2.75, 3.05) is 11.4 Å². The van der Waals surface area contributed by atoms with Gasteiger partial charge in [-0.25, -0.2) is 4.98 Å². The lowest BCUT2D eigenvalue weighted by Gasteiger charge is -2.27. The molecule has 0 bridgehead atoms. The third-order valence-electron chi connectivity index (χ3n) is 3.25. The Morgan fingerprint density at radius 3 is 2.71 bits per heavy atom. The maximum Gasteiger partial charge on any atom is 0.147 e. The molecule has 21 heavy (non-hydrogen) atoms. The van der Waals surface area contributed by atoms with Crippen molar-refractivity contribution in [3.63, 3.8) is 0 Å². The number of nitrogens with one attached hydrogen (secondary N) is 1. The van der Waals surface area contributed by atoms with Crippen LogP contribution >= 0.6 is 11.3 Å². The zero-order valence-corrected chi connectivity index (χ0v) is 13.9. The van der Waals surface area contributed by atoms with E-state index < -0.39 is 0 Å². The van der Waals surface area contributed by atoms with Crippen molar-refractivity contribution in [1.29, 1.82) is 0 Å². The van der Waals surface area contributed by atoms with Crippen LogP contribution in [0.2, 0.25) is 0 Å². The first kappa shape index (κ1) is 15.9. The van der Waals surface area contributed by atoms with Gasteiger partial charge in [0.05, 0.1) is 24.6 Å². The van der Waals surface area contributed by atoms with Crippen LogP contribution in [-0.4, -0.2) is 22.6 Å². The molecule has 0 aliphatic rings. The second-order valence-electron chi connectivity index (χ2n) is 5.34. The van der Waals surface area contributed by atoms with Crippen LogP contribution in [0.25, 0.3) is 0 Å². The summed E-state index contributed by atoms with van der Waals surface area (Å²) in [4.78, 5) is 12.7. The minimum atomic E-state index is 0.394. The lowest BCUT2D eigenvalue weighted by Crippen LogP contribution is -2.30. The summed E-state index contributed by atoms with van der Waals surface area (Å²) >= 11 is 1.78.